The number of anilines is 1. The summed E-state index contributed by atoms with van der Waals surface area (Å²) >= 11 is 0. The number of methoxy groups -OCH3 is 1. The first kappa shape index (κ1) is 16.3. The van der Waals surface area contributed by atoms with E-state index < -0.39 is 0 Å². The number of nitrogens with zero attached hydrogens (tertiary/aromatic N) is 3. The van der Waals surface area contributed by atoms with Crippen molar-refractivity contribution in [3.8, 4) is 0 Å². The third kappa shape index (κ3) is 3.98. The Labute approximate surface area is 128 Å². The lowest BCUT2D eigenvalue weighted by atomic mass is 9.98. The zero-order valence-electron chi connectivity index (χ0n) is 14.1. The predicted molar refractivity (Wildman–Crippen MR) is 86.7 cm³/mol. The van der Waals surface area contributed by atoms with Crippen LogP contribution in [-0.4, -0.2) is 42.6 Å². The van der Waals surface area contributed by atoms with E-state index in [1.165, 1.54) is 24.2 Å². The van der Waals surface area contributed by atoms with E-state index in [0.29, 0.717) is 12.0 Å². The highest BCUT2D eigenvalue weighted by atomic mass is 16.5. The normalized spacial score (nSPS) is 19.5. The van der Waals surface area contributed by atoms with Gasteiger partial charge in [-0.25, -0.2) is 0 Å². The van der Waals surface area contributed by atoms with Crippen LogP contribution in [0, 0.1) is 12.8 Å². The minimum atomic E-state index is 0.486. The van der Waals surface area contributed by atoms with Gasteiger partial charge >= 0.3 is 0 Å². The van der Waals surface area contributed by atoms with Crippen molar-refractivity contribution in [2.45, 2.75) is 46.2 Å². The van der Waals surface area contributed by atoms with E-state index in [-0.39, 0.29) is 0 Å². The van der Waals surface area contributed by atoms with Gasteiger partial charge in [-0.15, -0.1) is 0 Å². The van der Waals surface area contributed by atoms with Gasteiger partial charge in [-0.1, -0.05) is 13.8 Å². The van der Waals surface area contributed by atoms with E-state index in [0.717, 1.165) is 31.9 Å². The smallest absolute Gasteiger partial charge is 0.131 e. The molecule has 1 N–H and O–H groups in total. The van der Waals surface area contributed by atoms with Gasteiger partial charge in [0.25, 0.3) is 0 Å². The van der Waals surface area contributed by atoms with Gasteiger partial charge in [0.15, 0.2) is 0 Å². The molecule has 1 aromatic heterocycles. The first-order valence-electron chi connectivity index (χ1n) is 8.02. The maximum Gasteiger partial charge on any atom is 0.131 e. The van der Waals surface area contributed by atoms with Gasteiger partial charge in [-0.3, -0.25) is 4.68 Å². The Kier molecular flexibility index (Phi) is 5.65. The number of aromatic nitrogens is 2. The summed E-state index contributed by atoms with van der Waals surface area (Å²) in [4.78, 5) is 2.49. The van der Waals surface area contributed by atoms with E-state index in [1.54, 1.807) is 7.11 Å². The highest BCUT2D eigenvalue weighted by molar-refractivity contribution is 5.50. The first-order valence-corrected chi connectivity index (χ1v) is 8.02. The van der Waals surface area contributed by atoms with Gasteiger partial charge in [0.2, 0.25) is 0 Å². The molecule has 21 heavy (non-hydrogen) atoms. The number of ether oxygens (including phenoxy) is 1. The van der Waals surface area contributed by atoms with Gasteiger partial charge in [-0.2, -0.15) is 5.10 Å². The van der Waals surface area contributed by atoms with Crippen LogP contribution in [0.15, 0.2) is 0 Å². The number of hydrogen-bond acceptors (Lipinski definition) is 4. The Morgan fingerprint density at radius 3 is 2.86 bits per heavy atom. The van der Waals surface area contributed by atoms with Crippen LogP contribution < -0.4 is 10.2 Å². The lowest BCUT2D eigenvalue weighted by Crippen LogP contribution is -2.39. The minimum absolute atomic E-state index is 0.486. The summed E-state index contributed by atoms with van der Waals surface area (Å²) in [5.41, 5.74) is 2.47. The molecule has 1 saturated heterocycles. The van der Waals surface area contributed by atoms with E-state index in [9.17, 15) is 0 Å². The van der Waals surface area contributed by atoms with Crippen LogP contribution in [0.3, 0.4) is 0 Å². The molecular formula is C16H30N4O. The van der Waals surface area contributed by atoms with Crippen molar-refractivity contribution < 1.29 is 4.74 Å². The summed E-state index contributed by atoms with van der Waals surface area (Å²) in [6.07, 6.45) is 2.50. The Morgan fingerprint density at radius 2 is 2.19 bits per heavy atom. The summed E-state index contributed by atoms with van der Waals surface area (Å²) in [7, 11) is 3.85. The average Bonchev–Trinajstić information content (AvgIpc) is 2.71. The zero-order valence-corrected chi connectivity index (χ0v) is 14.1. The van der Waals surface area contributed by atoms with Gasteiger partial charge in [-0.05, 0) is 25.7 Å². The molecule has 2 heterocycles. The van der Waals surface area contributed by atoms with E-state index in [4.69, 9.17) is 4.74 Å². The van der Waals surface area contributed by atoms with E-state index in [1.807, 2.05) is 4.68 Å². The summed E-state index contributed by atoms with van der Waals surface area (Å²) in [5, 5.41) is 8.17. The van der Waals surface area contributed by atoms with Crippen LogP contribution in [0.2, 0.25) is 0 Å². The fraction of sp³-hybridized carbons (Fsp3) is 0.812. The van der Waals surface area contributed by atoms with Gasteiger partial charge < -0.3 is 15.0 Å². The molecule has 1 atom stereocenters. The van der Waals surface area contributed by atoms with Crippen LogP contribution in [0.25, 0.3) is 0 Å². The van der Waals surface area contributed by atoms with Crippen molar-refractivity contribution in [2.24, 2.45) is 13.0 Å². The second-order valence-electron chi connectivity index (χ2n) is 6.46. The number of aryl methyl sites for hydroxylation is 2. The summed E-state index contributed by atoms with van der Waals surface area (Å²) in [5.74, 6) is 1.91. The molecule has 0 spiro atoms. The Hall–Kier alpha value is -1.07. The molecule has 5 heteroatoms. The fourth-order valence-corrected chi connectivity index (χ4v) is 3.23. The van der Waals surface area contributed by atoms with Crippen LogP contribution in [0.1, 0.15) is 37.9 Å². The number of nitrogens with one attached hydrogen (secondary N) is 1. The standard InChI is InChI=1S/C16H30N4O/c1-12(2)17-9-15-13(3)18-19(4)16(15)20-8-6-7-14(10-20)11-21-5/h12,14,17H,6-11H2,1-5H3. The molecule has 0 bridgehead atoms. The second-order valence-corrected chi connectivity index (χ2v) is 6.46. The fourth-order valence-electron chi connectivity index (χ4n) is 3.23. The zero-order chi connectivity index (χ0) is 15.4. The number of hydrogen-bond donors (Lipinski definition) is 1. The largest absolute Gasteiger partial charge is 0.384 e. The molecule has 0 amide bonds. The number of rotatable bonds is 6. The van der Waals surface area contributed by atoms with Crippen molar-refractivity contribution in [1.29, 1.82) is 0 Å². The molecule has 120 valence electrons. The Morgan fingerprint density at radius 1 is 1.43 bits per heavy atom. The predicted octanol–water partition coefficient (Wildman–Crippen LogP) is 2.09. The van der Waals surface area contributed by atoms with Gasteiger partial charge in [0, 0.05) is 45.4 Å². The van der Waals surface area contributed by atoms with Crippen LogP contribution in [0.4, 0.5) is 5.82 Å². The number of piperidine rings is 1. The quantitative estimate of drug-likeness (QED) is 0.872. The molecule has 1 fully saturated rings. The third-order valence-electron chi connectivity index (χ3n) is 4.22. The molecule has 0 saturated carbocycles. The molecular weight excluding hydrogens is 264 g/mol. The molecule has 1 unspecified atom stereocenters. The van der Waals surface area contributed by atoms with Gasteiger partial charge in [0.1, 0.15) is 5.82 Å². The van der Waals surface area contributed by atoms with Crippen molar-refractivity contribution >= 4 is 5.82 Å². The molecule has 2 rings (SSSR count). The van der Waals surface area contributed by atoms with Crippen molar-refractivity contribution in [2.75, 3.05) is 31.7 Å². The van der Waals surface area contributed by atoms with Crippen molar-refractivity contribution in [3.63, 3.8) is 0 Å². The Bertz CT molecular complexity index is 453. The lowest BCUT2D eigenvalue weighted by molar-refractivity contribution is 0.143. The van der Waals surface area contributed by atoms with E-state index >= 15 is 0 Å². The molecule has 0 aliphatic carbocycles. The molecule has 5 nitrogen and oxygen atoms in total. The van der Waals surface area contributed by atoms with E-state index in [2.05, 4.69) is 43.1 Å². The van der Waals surface area contributed by atoms with Crippen LogP contribution in [-0.2, 0) is 18.3 Å². The first-order chi connectivity index (χ1) is 10.0. The monoisotopic (exact) mass is 294 g/mol. The molecule has 1 aromatic rings. The molecule has 0 radical (unpaired) electrons. The van der Waals surface area contributed by atoms with Crippen LogP contribution in [0.5, 0.6) is 0 Å². The minimum Gasteiger partial charge on any atom is -0.384 e. The summed E-state index contributed by atoms with van der Waals surface area (Å²) in [6.45, 7) is 10.4. The topological polar surface area (TPSA) is 42.3 Å². The van der Waals surface area contributed by atoms with Crippen molar-refractivity contribution in [3.05, 3.63) is 11.3 Å². The molecule has 1 aliphatic heterocycles. The highest BCUT2D eigenvalue weighted by Crippen LogP contribution is 2.28. The molecule has 0 aromatic carbocycles. The third-order valence-corrected chi connectivity index (χ3v) is 4.22. The average molecular weight is 294 g/mol. The molecule has 1 aliphatic rings. The van der Waals surface area contributed by atoms with Crippen LogP contribution >= 0.6 is 0 Å². The maximum absolute atomic E-state index is 5.35. The Balaban J connectivity index is 2.17. The highest BCUT2D eigenvalue weighted by Gasteiger charge is 2.25. The maximum atomic E-state index is 5.35. The van der Waals surface area contributed by atoms with Gasteiger partial charge in [0.05, 0.1) is 12.3 Å². The SMILES string of the molecule is COCC1CCCN(c2c(CNC(C)C)c(C)nn2C)C1. The summed E-state index contributed by atoms with van der Waals surface area (Å²) < 4.78 is 7.39. The van der Waals surface area contributed by atoms with Crippen molar-refractivity contribution in [1.82, 2.24) is 15.1 Å². The lowest BCUT2D eigenvalue weighted by Gasteiger charge is -2.34. The second kappa shape index (κ2) is 7.27. The summed E-state index contributed by atoms with van der Waals surface area (Å²) in [6, 6.07) is 0.486.